The predicted molar refractivity (Wildman–Crippen MR) is 200 cm³/mol. The molecule has 270 valence electrons. The Bertz CT molecular complexity index is 1910. The molecule has 51 heavy (non-hydrogen) atoms. The van der Waals surface area contributed by atoms with Crippen molar-refractivity contribution in [3.05, 3.63) is 95.9 Å². The highest BCUT2D eigenvalue weighted by Gasteiger charge is 2.35. The van der Waals surface area contributed by atoms with Crippen LogP contribution in [0.1, 0.15) is 74.7 Å². The second-order valence-corrected chi connectivity index (χ2v) is 16.4. The standard InChI is InChI=1S/C39H48N6O5S/c1-5-25-51(48,49)44-23-21-43(22-24-44)27-28-8-18-33(19-9-28)41-37(46)32-16-12-30(13-17-32)29-10-14-31(15-11-29)34-26-40-36(42-34)35-7-6-20-45(35)38(47)50-39(2,3)4/h8-19,26,35H,5-7,20-25,27H2,1-4H3,(H,40,42)(H,41,46)/t35-/m0/s1. The van der Waals surface area contributed by atoms with Gasteiger partial charge in [0.25, 0.3) is 5.91 Å². The van der Waals surface area contributed by atoms with Crippen LogP contribution in [0, 0.1) is 0 Å². The summed E-state index contributed by atoms with van der Waals surface area (Å²) in [4.78, 5) is 37.9. The number of aromatic amines is 1. The van der Waals surface area contributed by atoms with Crippen molar-refractivity contribution in [3.8, 4) is 22.4 Å². The van der Waals surface area contributed by atoms with Crippen molar-refractivity contribution >= 4 is 27.7 Å². The molecule has 2 amide bonds. The smallest absolute Gasteiger partial charge is 0.410 e. The minimum absolute atomic E-state index is 0.138. The molecule has 3 heterocycles. The number of hydrogen-bond acceptors (Lipinski definition) is 7. The van der Waals surface area contributed by atoms with Gasteiger partial charge in [0.15, 0.2) is 0 Å². The van der Waals surface area contributed by atoms with Gasteiger partial charge in [-0.3, -0.25) is 14.6 Å². The summed E-state index contributed by atoms with van der Waals surface area (Å²) >= 11 is 0. The van der Waals surface area contributed by atoms with Gasteiger partial charge in [-0.15, -0.1) is 0 Å². The van der Waals surface area contributed by atoms with Crippen molar-refractivity contribution < 1.29 is 22.7 Å². The maximum Gasteiger partial charge on any atom is 0.410 e. The van der Waals surface area contributed by atoms with E-state index in [2.05, 4.69) is 15.2 Å². The number of ether oxygens (including phenoxy) is 1. The molecule has 2 aliphatic rings. The number of carbonyl (C=O) groups excluding carboxylic acids is 2. The number of nitrogens with zero attached hydrogens (tertiary/aromatic N) is 4. The quantitative estimate of drug-likeness (QED) is 0.183. The Labute approximate surface area is 301 Å². The highest BCUT2D eigenvalue weighted by Crippen LogP contribution is 2.33. The van der Waals surface area contributed by atoms with Crippen molar-refractivity contribution in [3.63, 3.8) is 0 Å². The molecule has 0 aliphatic carbocycles. The number of imidazole rings is 1. The first-order chi connectivity index (χ1) is 24.4. The van der Waals surface area contributed by atoms with Crippen LogP contribution in [-0.4, -0.2) is 88.6 Å². The summed E-state index contributed by atoms with van der Waals surface area (Å²) in [5, 5.41) is 2.98. The summed E-state index contributed by atoms with van der Waals surface area (Å²) in [6.07, 6.45) is 3.93. The topological polar surface area (TPSA) is 128 Å². The molecule has 2 fully saturated rings. The van der Waals surface area contributed by atoms with Crippen LogP contribution in [0.3, 0.4) is 0 Å². The van der Waals surface area contributed by atoms with Gasteiger partial charge in [-0.1, -0.05) is 55.5 Å². The van der Waals surface area contributed by atoms with E-state index in [1.165, 1.54) is 0 Å². The third-order valence-electron chi connectivity index (χ3n) is 9.26. The number of rotatable bonds is 10. The lowest BCUT2D eigenvalue weighted by Crippen LogP contribution is -2.48. The van der Waals surface area contributed by atoms with Crippen molar-refractivity contribution in [2.75, 3.05) is 43.8 Å². The molecule has 2 N–H and O–H groups in total. The number of carbonyl (C=O) groups is 2. The van der Waals surface area contributed by atoms with Crippen molar-refractivity contribution in [2.45, 2.75) is 65.1 Å². The molecule has 1 atom stereocenters. The highest BCUT2D eigenvalue weighted by atomic mass is 32.2. The first-order valence-corrected chi connectivity index (χ1v) is 19.4. The first kappa shape index (κ1) is 36.3. The molecule has 0 radical (unpaired) electrons. The van der Waals surface area contributed by atoms with E-state index in [0.29, 0.717) is 50.4 Å². The number of H-pyrrole nitrogens is 1. The number of benzene rings is 3. The predicted octanol–water partition coefficient (Wildman–Crippen LogP) is 6.93. The van der Waals surface area contributed by atoms with Crippen LogP contribution in [0.15, 0.2) is 79.0 Å². The molecule has 0 saturated carbocycles. The second kappa shape index (κ2) is 15.4. The number of anilines is 1. The molecule has 2 saturated heterocycles. The Morgan fingerprint density at radius 2 is 1.51 bits per heavy atom. The highest BCUT2D eigenvalue weighted by molar-refractivity contribution is 7.89. The summed E-state index contributed by atoms with van der Waals surface area (Å²) in [6.45, 7) is 11.3. The number of sulfonamides is 1. The minimum Gasteiger partial charge on any atom is -0.444 e. The van der Waals surface area contributed by atoms with Crippen molar-refractivity contribution in [2.24, 2.45) is 0 Å². The van der Waals surface area contributed by atoms with E-state index >= 15 is 0 Å². The third-order valence-corrected chi connectivity index (χ3v) is 11.3. The molecule has 3 aromatic carbocycles. The Hall–Kier alpha value is -4.52. The fourth-order valence-corrected chi connectivity index (χ4v) is 8.09. The van der Waals surface area contributed by atoms with Gasteiger partial charge in [0.05, 0.1) is 17.5 Å². The molecular weight excluding hydrogens is 665 g/mol. The SMILES string of the molecule is CCCS(=O)(=O)N1CCN(Cc2ccc(NC(=O)c3ccc(-c4ccc(-c5c[nH]c([C@@H]6CCCN6C(=O)OC(C)(C)C)n5)cc4)cc3)cc2)CC1. The summed E-state index contributed by atoms with van der Waals surface area (Å²) in [6, 6.07) is 23.3. The van der Waals surface area contributed by atoms with Gasteiger partial charge in [0, 0.05) is 62.3 Å². The van der Waals surface area contributed by atoms with Gasteiger partial charge in [0.2, 0.25) is 10.0 Å². The lowest BCUT2D eigenvalue weighted by atomic mass is 10.0. The van der Waals surface area contributed by atoms with Crippen LogP contribution in [0.2, 0.25) is 0 Å². The van der Waals surface area contributed by atoms with Gasteiger partial charge >= 0.3 is 6.09 Å². The Morgan fingerprint density at radius 3 is 2.14 bits per heavy atom. The fourth-order valence-electron chi connectivity index (χ4n) is 6.60. The van der Waals surface area contributed by atoms with Crippen LogP contribution < -0.4 is 5.32 Å². The molecule has 11 nitrogen and oxygen atoms in total. The Balaban J connectivity index is 1.01. The second-order valence-electron chi connectivity index (χ2n) is 14.3. The average Bonchev–Trinajstić information content (AvgIpc) is 3.80. The van der Waals surface area contributed by atoms with E-state index in [4.69, 9.17) is 9.72 Å². The molecule has 4 aromatic rings. The van der Waals surface area contributed by atoms with Gasteiger partial charge in [-0.05, 0) is 81.0 Å². The number of aromatic nitrogens is 2. The zero-order chi connectivity index (χ0) is 36.2. The van der Waals surface area contributed by atoms with Crippen LogP contribution >= 0.6 is 0 Å². The largest absolute Gasteiger partial charge is 0.444 e. The monoisotopic (exact) mass is 712 g/mol. The molecule has 2 aliphatic heterocycles. The molecule has 6 rings (SSSR count). The molecule has 0 unspecified atom stereocenters. The molecule has 1 aromatic heterocycles. The molecular formula is C39H48N6O5S. The summed E-state index contributed by atoms with van der Waals surface area (Å²) in [5.74, 6) is 0.778. The zero-order valence-corrected chi connectivity index (χ0v) is 30.7. The minimum atomic E-state index is -3.15. The van der Waals surface area contributed by atoms with Crippen LogP contribution in [0.25, 0.3) is 22.4 Å². The maximum atomic E-state index is 13.0. The summed E-state index contributed by atoms with van der Waals surface area (Å²) in [7, 11) is -3.15. The number of likely N-dealkylation sites (tertiary alicyclic amines) is 1. The lowest BCUT2D eigenvalue weighted by molar-refractivity contribution is 0.0218. The van der Waals surface area contributed by atoms with Crippen molar-refractivity contribution in [1.82, 2.24) is 24.1 Å². The van der Waals surface area contributed by atoms with Gasteiger partial charge < -0.3 is 15.0 Å². The summed E-state index contributed by atoms with van der Waals surface area (Å²) in [5.41, 5.74) is 5.62. The Morgan fingerprint density at radius 1 is 0.882 bits per heavy atom. The lowest BCUT2D eigenvalue weighted by Gasteiger charge is -2.34. The van der Waals surface area contributed by atoms with Crippen LogP contribution in [0.5, 0.6) is 0 Å². The average molecular weight is 713 g/mol. The van der Waals surface area contributed by atoms with E-state index < -0.39 is 15.6 Å². The first-order valence-electron chi connectivity index (χ1n) is 17.7. The number of amides is 2. The summed E-state index contributed by atoms with van der Waals surface area (Å²) < 4.78 is 31.9. The van der Waals surface area contributed by atoms with E-state index in [0.717, 1.165) is 53.2 Å². The number of nitrogens with one attached hydrogen (secondary N) is 2. The molecule has 0 spiro atoms. The van der Waals surface area contributed by atoms with Crippen molar-refractivity contribution in [1.29, 1.82) is 0 Å². The van der Waals surface area contributed by atoms with Gasteiger partial charge in [0.1, 0.15) is 11.4 Å². The maximum absolute atomic E-state index is 13.0. The number of hydrogen-bond donors (Lipinski definition) is 2. The third kappa shape index (κ3) is 9.05. The normalized spacial score (nSPS) is 17.4. The van der Waals surface area contributed by atoms with Crippen LogP contribution in [-0.2, 0) is 21.3 Å². The zero-order valence-electron chi connectivity index (χ0n) is 29.9. The fraction of sp³-hybridized carbons (Fsp3) is 0.410. The van der Waals surface area contributed by atoms with Gasteiger partial charge in [-0.2, -0.15) is 4.31 Å². The molecule has 12 heteroatoms. The van der Waals surface area contributed by atoms with E-state index in [-0.39, 0.29) is 23.8 Å². The Kier molecular flexibility index (Phi) is 10.9. The van der Waals surface area contributed by atoms with Crippen LogP contribution in [0.4, 0.5) is 10.5 Å². The van der Waals surface area contributed by atoms with E-state index in [1.807, 2.05) is 107 Å². The van der Waals surface area contributed by atoms with E-state index in [1.54, 1.807) is 9.21 Å². The van der Waals surface area contributed by atoms with Gasteiger partial charge in [-0.25, -0.2) is 18.2 Å². The number of piperazine rings is 1. The molecule has 0 bridgehead atoms. The van der Waals surface area contributed by atoms with E-state index in [9.17, 15) is 18.0 Å².